The average Bonchev–Trinajstić information content (AvgIpc) is 2.74. The Bertz CT molecular complexity index is 488. The first-order valence-electron chi connectivity index (χ1n) is 5.78. The Morgan fingerprint density at radius 2 is 2.00 bits per heavy atom. The predicted molar refractivity (Wildman–Crippen MR) is 66.1 cm³/mol. The van der Waals surface area contributed by atoms with Crippen molar-refractivity contribution in [1.82, 2.24) is 9.97 Å². The second kappa shape index (κ2) is 5.10. The van der Waals surface area contributed by atoms with E-state index in [4.69, 9.17) is 5.73 Å². The molecule has 0 radical (unpaired) electrons. The molecule has 0 spiro atoms. The molecule has 0 aliphatic carbocycles. The number of hydrogen-bond acceptors (Lipinski definition) is 2. The number of H-pyrrole nitrogens is 1. The maximum atomic E-state index is 12.9. The molecule has 2 aromatic rings. The van der Waals surface area contributed by atoms with Crippen LogP contribution >= 0.6 is 0 Å². The third-order valence-electron chi connectivity index (χ3n) is 2.68. The summed E-state index contributed by atoms with van der Waals surface area (Å²) in [5.74, 6) is 0.660. The fraction of sp³-hybridized carbons (Fsp3) is 0.308. The lowest BCUT2D eigenvalue weighted by molar-refractivity contribution is 0.628. The highest BCUT2D eigenvalue weighted by atomic mass is 19.1. The summed E-state index contributed by atoms with van der Waals surface area (Å²) in [5, 5.41) is 0. The highest BCUT2D eigenvalue weighted by Gasteiger charge is 2.10. The van der Waals surface area contributed by atoms with Crippen molar-refractivity contribution < 1.29 is 4.39 Å². The predicted octanol–water partition coefficient (Wildman–Crippen LogP) is 2.28. The van der Waals surface area contributed by atoms with E-state index in [1.807, 2.05) is 0 Å². The van der Waals surface area contributed by atoms with Crippen LogP contribution in [-0.4, -0.2) is 16.5 Å². The van der Waals surface area contributed by atoms with Gasteiger partial charge in [0.2, 0.25) is 0 Å². The normalized spacial score (nSPS) is 10.8. The summed E-state index contributed by atoms with van der Waals surface area (Å²) in [7, 11) is 0. The third-order valence-corrected chi connectivity index (χ3v) is 2.68. The van der Waals surface area contributed by atoms with Gasteiger partial charge in [-0.25, -0.2) is 9.37 Å². The van der Waals surface area contributed by atoms with Crippen molar-refractivity contribution in [2.45, 2.75) is 19.8 Å². The summed E-state index contributed by atoms with van der Waals surface area (Å²) >= 11 is 0. The number of nitrogens with one attached hydrogen (secondary N) is 1. The van der Waals surface area contributed by atoms with Gasteiger partial charge in [0.15, 0.2) is 0 Å². The van der Waals surface area contributed by atoms with Gasteiger partial charge in [0.1, 0.15) is 11.6 Å². The molecule has 3 N–H and O–H groups in total. The van der Waals surface area contributed by atoms with E-state index in [9.17, 15) is 4.39 Å². The van der Waals surface area contributed by atoms with Crippen LogP contribution in [0.15, 0.2) is 24.3 Å². The van der Waals surface area contributed by atoms with Crippen LogP contribution in [0, 0.1) is 5.82 Å². The molecule has 1 aromatic heterocycles. The second-order valence-electron chi connectivity index (χ2n) is 3.91. The van der Waals surface area contributed by atoms with Gasteiger partial charge in [0.25, 0.3) is 0 Å². The number of aromatic nitrogens is 2. The molecule has 0 fully saturated rings. The summed E-state index contributed by atoms with van der Waals surface area (Å²) in [4.78, 5) is 7.77. The van der Waals surface area contributed by atoms with Crippen LogP contribution in [0.2, 0.25) is 0 Å². The van der Waals surface area contributed by atoms with Gasteiger partial charge in [0, 0.05) is 17.7 Å². The SMILES string of the molecule is CCc1[nH]c(CCN)nc1-c1ccc(F)cc1. The van der Waals surface area contributed by atoms with Crippen LogP contribution in [0.25, 0.3) is 11.3 Å². The van der Waals surface area contributed by atoms with Crippen LogP contribution < -0.4 is 5.73 Å². The zero-order chi connectivity index (χ0) is 12.3. The average molecular weight is 233 g/mol. The Morgan fingerprint density at radius 3 is 2.59 bits per heavy atom. The van der Waals surface area contributed by atoms with Gasteiger partial charge in [-0.05, 0) is 37.2 Å². The monoisotopic (exact) mass is 233 g/mol. The Morgan fingerprint density at radius 1 is 1.29 bits per heavy atom. The van der Waals surface area contributed by atoms with Crippen LogP contribution in [0.5, 0.6) is 0 Å². The molecule has 17 heavy (non-hydrogen) atoms. The van der Waals surface area contributed by atoms with Crippen molar-refractivity contribution in [2.75, 3.05) is 6.54 Å². The Hall–Kier alpha value is -1.68. The summed E-state index contributed by atoms with van der Waals surface area (Å²) < 4.78 is 12.9. The smallest absolute Gasteiger partial charge is 0.123 e. The van der Waals surface area contributed by atoms with Crippen LogP contribution in [0.4, 0.5) is 4.39 Å². The molecule has 0 saturated heterocycles. The Kier molecular flexibility index (Phi) is 3.54. The number of aromatic amines is 1. The number of benzene rings is 1. The summed E-state index contributed by atoms with van der Waals surface area (Å²) in [5.41, 5.74) is 8.41. The molecule has 90 valence electrons. The highest BCUT2D eigenvalue weighted by Crippen LogP contribution is 2.22. The molecular weight excluding hydrogens is 217 g/mol. The van der Waals surface area contributed by atoms with E-state index in [2.05, 4.69) is 16.9 Å². The van der Waals surface area contributed by atoms with Crippen molar-refractivity contribution in [1.29, 1.82) is 0 Å². The fourth-order valence-corrected chi connectivity index (χ4v) is 1.82. The van der Waals surface area contributed by atoms with E-state index in [1.165, 1.54) is 12.1 Å². The van der Waals surface area contributed by atoms with E-state index in [0.717, 1.165) is 35.6 Å². The number of rotatable bonds is 4. The maximum Gasteiger partial charge on any atom is 0.123 e. The van der Waals surface area contributed by atoms with Crippen LogP contribution in [-0.2, 0) is 12.8 Å². The van der Waals surface area contributed by atoms with Gasteiger partial charge in [0.05, 0.1) is 5.69 Å². The summed E-state index contributed by atoms with van der Waals surface area (Å²) in [6.45, 7) is 2.63. The first kappa shape index (κ1) is 11.8. The molecular formula is C13H16FN3. The minimum Gasteiger partial charge on any atom is -0.345 e. The molecule has 3 nitrogen and oxygen atoms in total. The van der Waals surface area contributed by atoms with E-state index < -0.39 is 0 Å². The van der Waals surface area contributed by atoms with Crippen molar-refractivity contribution >= 4 is 0 Å². The van der Waals surface area contributed by atoms with E-state index in [0.29, 0.717) is 6.54 Å². The zero-order valence-electron chi connectivity index (χ0n) is 9.83. The van der Waals surface area contributed by atoms with E-state index in [1.54, 1.807) is 12.1 Å². The number of aryl methyl sites for hydroxylation is 1. The zero-order valence-corrected chi connectivity index (χ0v) is 9.83. The minimum absolute atomic E-state index is 0.232. The lowest BCUT2D eigenvalue weighted by Crippen LogP contribution is -2.03. The molecule has 4 heteroatoms. The molecule has 2 rings (SSSR count). The lowest BCUT2D eigenvalue weighted by atomic mass is 10.1. The van der Waals surface area contributed by atoms with Crippen molar-refractivity contribution in [2.24, 2.45) is 5.73 Å². The van der Waals surface area contributed by atoms with Crippen LogP contribution in [0.1, 0.15) is 18.4 Å². The van der Waals surface area contributed by atoms with Crippen LogP contribution in [0.3, 0.4) is 0 Å². The quantitative estimate of drug-likeness (QED) is 0.851. The van der Waals surface area contributed by atoms with Gasteiger partial charge < -0.3 is 10.7 Å². The van der Waals surface area contributed by atoms with Crippen molar-refractivity contribution in [3.63, 3.8) is 0 Å². The molecule has 1 heterocycles. The second-order valence-corrected chi connectivity index (χ2v) is 3.91. The maximum absolute atomic E-state index is 12.9. The number of imidazole rings is 1. The van der Waals surface area contributed by atoms with Gasteiger partial charge in [-0.15, -0.1) is 0 Å². The number of nitrogens with two attached hydrogens (primary N) is 1. The number of nitrogens with zero attached hydrogens (tertiary/aromatic N) is 1. The first-order valence-corrected chi connectivity index (χ1v) is 5.78. The first-order chi connectivity index (χ1) is 8.24. The summed E-state index contributed by atoms with van der Waals surface area (Å²) in [6, 6.07) is 6.39. The molecule has 0 aliphatic heterocycles. The van der Waals surface area contributed by atoms with Crippen molar-refractivity contribution in [3.8, 4) is 11.3 Å². The Labute approximate surface area is 99.9 Å². The molecule has 0 atom stereocenters. The van der Waals surface area contributed by atoms with Gasteiger partial charge in [-0.3, -0.25) is 0 Å². The highest BCUT2D eigenvalue weighted by molar-refractivity contribution is 5.62. The van der Waals surface area contributed by atoms with Gasteiger partial charge in [-0.2, -0.15) is 0 Å². The molecule has 0 bridgehead atoms. The molecule has 0 saturated carbocycles. The lowest BCUT2D eigenvalue weighted by Gasteiger charge is -1.99. The van der Waals surface area contributed by atoms with E-state index in [-0.39, 0.29) is 5.82 Å². The standard InChI is InChI=1S/C13H16FN3/c1-2-11-13(17-12(16-11)7-8-15)9-3-5-10(14)6-4-9/h3-6H,2,7-8,15H2,1H3,(H,16,17). The summed E-state index contributed by atoms with van der Waals surface area (Å²) in [6.07, 6.45) is 1.60. The minimum atomic E-state index is -0.232. The fourth-order valence-electron chi connectivity index (χ4n) is 1.82. The molecule has 0 unspecified atom stereocenters. The van der Waals surface area contributed by atoms with Crippen molar-refractivity contribution in [3.05, 3.63) is 41.6 Å². The largest absolute Gasteiger partial charge is 0.345 e. The number of hydrogen-bond donors (Lipinski definition) is 2. The number of halogens is 1. The van der Waals surface area contributed by atoms with E-state index >= 15 is 0 Å². The topological polar surface area (TPSA) is 54.7 Å². The molecule has 1 aromatic carbocycles. The third kappa shape index (κ3) is 2.53. The molecule has 0 amide bonds. The van der Waals surface area contributed by atoms with Gasteiger partial charge in [-0.1, -0.05) is 6.92 Å². The van der Waals surface area contributed by atoms with Gasteiger partial charge >= 0.3 is 0 Å². The molecule has 0 aliphatic rings. The Balaban J connectivity index is 2.39.